The predicted octanol–water partition coefficient (Wildman–Crippen LogP) is 1.18. The van der Waals surface area contributed by atoms with Crippen LogP contribution in [-0.4, -0.2) is 20.1 Å². The Hall–Kier alpha value is -2.36. The normalized spacial score (nSPS) is 11.6. The summed E-state index contributed by atoms with van der Waals surface area (Å²) >= 11 is 0. The summed E-state index contributed by atoms with van der Waals surface area (Å²) in [5.74, 6) is 0.385. The van der Waals surface area contributed by atoms with E-state index >= 15 is 0 Å². The van der Waals surface area contributed by atoms with Crippen molar-refractivity contribution < 1.29 is 12.8 Å². The van der Waals surface area contributed by atoms with Crippen molar-refractivity contribution in [3.05, 3.63) is 54.0 Å². The molecule has 0 unspecified atom stereocenters. The predicted molar refractivity (Wildman–Crippen MR) is 94.4 cm³/mol. The summed E-state index contributed by atoms with van der Waals surface area (Å²) in [6.07, 6.45) is 1.48. The summed E-state index contributed by atoms with van der Waals surface area (Å²) < 4.78 is 31.9. The number of guanidine groups is 1. The van der Waals surface area contributed by atoms with Crippen molar-refractivity contribution in [2.45, 2.75) is 18.4 Å². The molecule has 0 radical (unpaired) electrons. The van der Waals surface area contributed by atoms with Crippen molar-refractivity contribution in [3.8, 4) is 0 Å². The van der Waals surface area contributed by atoms with Crippen LogP contribution in [0.5, 0.6) is 0 Å². The maximum absolute atomic E-state index is 12.2. The highest BCUT2D eigenvalue weighted by Crippen LogP contribution is 2.12. The SMILES string of the molecule is C/C(=N\N=C(N)N)c1ccc(S(=O)(=O)NCc2ccco2)cc1.Cl. The van der Waals surface area contributed by atoms with Crippen LogP contribution in [0.3, 0.4) is 0 Å². The molecular weight excluding hydrogens is 354 g/mol. The zero-order valence-electron chi connectivity index (χ0n) is 12.8. The van der Waals surface area contributed by atoms with E-state index in [9.17, 15) is 8.42 Å². The first-order valence-corrected chi connectivity index (χ1v) is 8.12. The minimum absolute atomic E-state index is 0. The van der Waals surface area contributed by atoms with Gasteiger partial charge in [-0.1, -0.05) is 12.1 Å². The molecule has 8 nitrogen and oxygen atoms in total. The third kappa shape index (κ3) is 5.37. The summed E-state index contributed by atoms with van der Waals surface area (Å²) in [6.45, 7) is 1.80. The molecular formula is C14H18ClN5O3S. The molecule has 0 aliphatic heterocycles. The fraction of sp³-hybridized carbons (Fsp3) is 0.143. The second-order valence-corrected chi connectivity index (χ2v) is 6.41. The standard InChI is InChI=1S/C14H17N5O3S.ClH/c1-10(18-19-14(15)16)11-4-6-13(7-5-11)23(20,21)17-9-12-3-2-8-22-12;/h2-8,17H,9H2,1H3,(H4,15,16,19);1H/b18-10+;. The lowest BCUT2D eigenvalue weighted by Crippen LogP contribution is -2.23. The van der Waals surface area contributed by atoms with E-state index in [0.29, 0.717) is 17.0 Å². The van der Waals surface area contributed by atoms with E-state index in [0.717, 1.165) is 0 Å². The number of hydrogen-bond donors (Lipinski definition) is 3. The second-order valence-electron chi connectivity index (χ2n) is 4.64. The minimum atomic E-state index is -3.62. The average molecular weight is 372 g/mol. The summed E-state index contributed by atoms with van der Waals surface area (Å²) in [5.41, 5.74) is 11.7. The third-order valence-corrected chi connectivity index (χ3v) is 4.33. The van der Waals surface area contributed by atoms with Gasteiger partial charge in [-0.25, -0.2) is 13.1 Å². The monoisotopic (exact) mass is 371 g/mol. The third-order valence-electron chi connectivity index (χ3n) is 2.91. The molecule has 5 N–H and O–H groups in total. The molecule has 130 valence electrons. The van der Waals surface area contributed by atoms with E-state index in [-0.39, 0.29) is 29.8 Å². The number of nitrogens with zero attached hydrogens (tertiary/aromatic N) is 2. The van der Waals surface area contributed by atoms with Gasteiger partial charge < -0.3 is 15.9 Å². The molecule has 0 bridgehead atoms. The number of halogens is 1. The Labute approximate surface area is 146 Å². The summed E-state index contributed by atoms with van der Waals surface area (Å²) in [4.78, 5) is 0.141. The van der Waals surface area contributed by atoms with Crippen molar-refractivity contribution in [1.29, 1.82) is 0 Å². The molecule has 0 aliphatic rings. The molecule has 0 fully saturated rings. The Balaban J connectivity index is 0.00000288. The van der Waals surface area contributed by atoms with Gasteiger partial charge in [0.25, 0.3) is 0 Å². The van der Waals surface area contributed by atoms with Crippen molar-refractivity contribution in [3.63, 3.8) is 0 Å². The molecule has 0 spiro atoms. The fourth-order valence-electron chi connectivity index (χ4n) is 1.73. The van der Waals surface area contributed by atoms with E-state index in [1.807, 2.05) is 0 Å². The highest BCUT2D eigenvalue weighted by molar-refractivity contribution is 7.89. The Kier molecular flexibility index (Phi) is 6.96. The van der Waals surface area contributed by atoms with Crippen LogP contribution in [-0.2, 0) is 16.6 Å². The summed E-state index contributed by atoms with van der Waals surface area (Å²) in [6, 6.07) is 9.60. The number of rotatable bonds is 6. The smallest absolute Gasteiger partial charge is 0.240 e. The molecule has 24 heavy (non-hydrogen) atoms. The number of benzene rings is 1. The van der Waals surface area contributed by atoms with Gasteiger partial charge in [0.1, 0.15) is 5.76 Å². The Morgan fingerprint density at radius 3 is 2.38 bits per heavy atom. The van der Waals surface area contributed by atoms with Gasteiger partial charge in [-0.3, -0.25) is 0 Å². The second kappa shape index (κ2) is 8.48. The van der Waals surface area contributed by atoms with E-state index in [4.69, 9.17) is 15.9 Å². The van der Waals surface area contributed by atoms with Gasteiger partial charge in [0.2, 0.25) is 16.0 Å². The van der Waals surface area contributed by atoms with E-state index in [1.165, 1.54) is 18.4 Å². The van der Waals surface area contributed by atoms with Crippen LogP contribution in [0.2, 0.25) is 0 Å². The van der Waals surface area contributed by atoms with E-state index < -0.39 is 10.0 Å². The molecule has 0 amide bonds. The number of sulfonamides is 1. The Morgan fingerprint density at radius 2 is 1.83 bits per heavy atom. The van der Waals surface area contributed by atoms with Gasteiger partial charge in [0.05, 0.1) is 23.4 Å². The van der Waals surface area contributed by atoms with Crippen LogP contribution in [0.25, 0.3) is 0 Å². The lowest BCUT2D eigenvalue weighted by molar-refractivity contribution is 0.498. The molecule has 2 rings (SSSR count). The molecule has 10 heteroatoms. The van der Waals surface area contributed by atoms with Crippen LogP contribution in [0.1, 0.15) is 18.2 Å². The van der Waals surface area contributed by atoms with E-state index in [2.05, 4.69) is 14.9 Å². The van der Waals surface area contributed by atoms with Crippen LogP contribution in [0, 0.1) is 0 Å². The maximum atomic E-state index is 12.2. The maximum Gasteiger partial charge on any atom is 0.240 e. The van der Waals surface area contributed by atoms with E-state index in [1.54, 1.807) is 31.2 Å². The fourth-order valence-corrected chi connectivity index (χ4v) is 2.72. The summed E-state index contributed by atoms with van der Waals surface area (Å²) in [7, 11) is -3.62. The van der Waals surface area contributed by atoms with Crippen molar-refractivity contribution in [2.24, 2.45) is 21.7 Å². The highest BCUT2D eigenvalue weighted by Gasteiger charge is 2.14. The van der Waals surface area contributed by atoms with Gasteiger partial charge in [-0.2, -0.15) is 5.10 Å². The molecule has 0 aliphatic carbocycles. The lowest BCUT2D eigenvalue weighted by Gasteiger charge is -2.06. The molecule has 1 aromatic heterocycles. The van der Waals surface area contributed by atoms with Crippen molar-refractivity contribution >= 4 is 34.1 Å². The van der Waals surface area contributed by atoms with Crippen LogP contribution >= 0.6 is 12.4 Å². The van der Waals surface area contributed by atoms with Crippen LogP contribution in [0.4, 0.5) is 0 Å². The number of nitrogens with two attached hydrogens (primary N) is 2. The van der Waals surface area contributed by atoms with Gasteiger partial charge in [-0.05, 0) is 36.8 Å². The molecule has 1 aromatic carbocycles. The van der Waals surface area contributed by atoms with Gasteiger partial charge in [0.15, 0.2) is 0 Å². The van der Waals surface area contributed by atoms with Crippen molar-refractivity contribution in [2.75, 3.05) is 0 Å². The topological polar surface area (TPSA) is 136 Å². The Morgan fingerprint density at radius 1 is 1.17 bits per heavy atom. The number of furan rings is 1. The zero-order chi connectivity index (χ0) is 16.9. The molecule has 2 aromatic rings. The summed E-state index contributed by atoms with van der Waals surface area (Å²) in [5, 5.41) is 7.38. The van der Waals surface area contributed by atoms with Gasteiger partial charge >= 0.3 is 0 Å². The minimum Gasteiger partial charge on any atom is -0.468 e. The Bertz CT molecular complexity index is 811. The lowest BCUT2D eigenvalue weighted by atomic mass is 10.1. The number of hydrogen-bond acceptors (Lipinski definition) is 5. The molecule has 1 heterocycles. The van der Waals surface area contributed by atoms with Crippen LogP contribution < -0.4 is 16.2 Å². The quantitative estimate of drug-likeness (QED) is 0.398. The van der Waals surface area contributed by atoms with Crippen molar-refractivity contribution in [1.82, 2.24) is 4.72 Å². The molecule has 0 saturated heterocycles. The first-order chi connectivity index (χ1) is 10.9. The van der Waals surface area contributed by atoms with Gasteiger partial charge in [0, 0.05) is 0 Å². The highest BCUT2D eigenvalue weighted by atomic mass is 35.5. The zero-order valence-corrected chi connectivity index (χ0v) is 14.5. The largest absolute Gasteiger partial charge is 0.468 e. The molecule has 0 saturated carbocycles. The first kappa shape index (κ1) is 19.7. The average Bonchev–Trinajstić information content (AvgIpc) is 3.04. The molecule has 0 atom stereocenters. The van der Waals surface area contributed by atoms with Crippen LogP contribution in [0.15, 0.2) is 62.2 Å². The van der Waals surface area contributed by atoms with Gasteiger partial charge in [-0.15, -0.1) is 17.5 Å². The first-order valence-electron chi connectivity index (χ1n) is 6.64. The number of nitrogens with one attached hydrogen (secondary N) is 1.